The van der Waals surface area contributed by atoms with Gasteiger partial charge in [0.2, 0.25) is 0 Å². The highest BCUT2D eigenvalue weighted by Crippen LogP contribution is 2.26. The van der Waals surface area contributed by atoms with Crippen LogP contribution in [0, 0.1) is 0 Å². The largest absolute Gasteiger partial charge is 0.497 e. The van der Waals surface area contributed by atoms with Gasteiger partial charge < -0.3 is 15.2 Å². The molecular formula is C10H14ClNO2. The Labute approximate surface area is 89.5 Å². The minimum absolute atomic E-state index is 0. The second kappa shape index (κ2) is 4.53. The first-order valence-electron chi connectivity index (χ1n) is 4.38. The molecule has 1 aromatic carbocycles. The smallest absolute Gasteiger partial charge is 0.119 e. The molecule has 4 heteroatoms. The molecule has 0 spiro atoms. The van der Waals surface area contributed by atoms with E-state index in [4.69, 9.17) is 4.74 Å². The van der Waals surface area contributed by atoms with Crippen molar-refractivity contribution in [3.63, 3.8) is 0 Å². The van der Waals surface area contributed by atoms with E-state index < -0.39 is 0 Å². The maximum absolute atomic E-state index is 9.42. The lowest BCUT2D eigenvalue weighted by molar-refractivity contribution is 0.184. The van der Waals surface area contributed by atoms with Gasteiger partial charge in [0.25, 0.3) is 0 Å². The van der Waals surface area contributed by atoms with Crippen molar-refractivity contribution in [1.82, 2.24) is 0 Å². The average molecular weight is 216 g/mol. The predicted octanol–water partition coefficient (Wildman–Crippen LogP) is 1.45. The molecule has 0 fully saturated rings. The van der Waals surface area contributed by atoms with Crippen molar-refractivity contribution in [2.45, 2.75) is 12.5 Å². The summed E-state index contributed by atoms with van der Waals surface area (Å²) < 4.78 is 5.11. The molecule has 1 aliphatic rings. The van der Waals surface area contributed by atoms with Crippen LogP contribution < -0.4 is 10.1 Å². The zero-order valence-corrected chi connectivity index (χ0v) is 8.80. The number of aliphatic hydroxyl groups excluding tert-OH is 1. The second-order valence-electron chi connectivity index (χ2n) is 3.26. The Bertz CT molecular complexity index is 317. The first-order chi connectivity index (χ1) is 6.29. The summed E-state index contributed by atoms with van der Waals surface area (Å²) in [5, 5.41) is 12.6. The van der Waals surface area contributed by atoms with Gasteiger partial charge in [-0.25, -0.2) is 0 Å². The van der Waals surface area contributed by atoms with Crippen molar-refractivity contribution in [3.05, 3.63) is 23.8 Å². The number of methoxy groups -OCH3 is 1. The van der Waals surface area contributed by atoms with Crippen LogP contribution in [-0.2, 0) is 6.42 Å². The van der Waals surface area contributed by atoms with Gasteiger partial charge in [0, 0.05) is 18.7 Å². The third-order valence-corrected chi connectivity index (χ3v) is 2.30. The normalized spacial score (nSPS) is 18.9. The molecule has 0 radical (unpaired) electrons. The number of fused-ring (bicyclic) bond motifs is 1. The SMILES string of the molecule is COc1ccc2c(c1)CC(O)CN2.Cl. The van der Waals surface area contributed by atoms with Gasteiger partial charge in [-0.2, -0.15) is 0 Å². The molecule has 0 aromatic heterocycles. The fourth-order valence-corrected chi connectivity index (χ4v) is 1.59. The number of nitrogens with one attached hydrogen (secondary N) is 1. The van der Waals surface area contributed by atoms with Gasteiger partial charge in [0.1, 0.15) is 5.75 Å². The molecule has 1 atom stereocenters. The Balaban J connectivity index is 0.000000980. The molecule has 3 nitrogen and oxygen atoms in total. The number of hydrogen-bond donors (Lipinski definition) is 2. The summed E-state index contributed by atoms with van der Waals surface area (Å²) in [6.07, 6.45) is 0.430. The summed E-state index contributed by atoms with van der Waals surface area (Å²) in [6.45, 7) is 0.638. The van der Waals surface area contributed by atoms with Crippen LogP contribution in [0.4, 0.5) is 5.69 Å². The molecule has 0 bridgehead atoms. The number of hydrogen-bond acceptors (Lipinski definition) is 3. The van der Waals surface area contributed by atoms with Crippen LogP contribution in [0.1, 0.15) is 5.56 Å². The van der Waals surface area contributed by atoms with Gasteiger partial charge in [-0.05, 0) is 23.8 Å². The van der Waals surface area contributed by atoms with Gasteiger partial charge >= 0.3 is 0 Å². The van der Waals surface area contributed by atoms with Crippen LogP contribution >= 0.6 is 12.4 Å². The van der Waals surface area contributed by atoms with E-state index in [0.717, 1.165) is 17.0 Å². The van der Waals surface area contributed by atoms with Crippen molar-refractivity contribution in [2.24, 2.45) is 0 Å². The van der Waals surface area contributed by atoms with Crippen LogP contribution in [0.5, 0.6) is 5.75 Å². The summed E-state index contributed by atoms with van der Waals surface area (Å²) >= 11 is 0. The monoisotopic (exact) mass is 215 g/mol. The Morgan fingerprint density at radius 1 is 1.50 bits per heavy atom. The molecule has 14 heavy (non-hydrogen) atoms. The summed E-state index contributed by atoms with van der Waals surface area (Å²) in [5.74, 6) is 0.842. The molecule has 0 aliphatic carbocycles. The Kier molecular flexibility index (Phi) is 3.61. The fourth-order valence-electron chi connectivity index (χ4n) is 1.59. The fraction of sp³-hybridized carbons (Fsp3) is 0.400. The molecule has 0 saturated heterocycles. The quantitative estimate of drug-likeness (QED) is 0.745. The van der Waals surface area contributed by atoms with Gasteiger partial charge in [0.15, 0.2) is 0 Å². The van der Waals surface area contributed by atoms with Crippen molar-refractivity contribution < 1.29 is 9.84 Å². The van der Waals surface area contributed by atoms with E-state index in [2.05, 4.69) is 5.32 Å². The average Bonchev–Trinajstić information content (AvgIpc) is 2.16. The highest BCUT2D eigenvalue weighted by Gasteiger charge is 2.15. The number of rotatable bonds is 1. The van der Waals surface area contributed by atoms with E-state index in [-0.39, 0.29) is 18.5 Å². The van der Waals surface area contributed by atoms with E-state index in [1.807, 2.05) is 18.2 Å². The number of aliphatic hydroxyl groups is 1. The van der Waals surface area contributed by atoms with Crippen LogP contribution in [0.2, 0.25) is 0 Å². The first kappa shape index (κ1) is 11.1. The van der Waals surface area contributed by atoms with Crippen LogP contribution in [0.25, 0.3) is 0 Å². The van der Waals surface area contributed by atoms with E-state index in [9.17, 15) is 5.11 Å². The van der Waals surface area contributed by atoms with Crippen molar-refractivity contribution in [1.29, 1.82) is 0 Å². The molecular weight excluding hydrogens is 202 g/mol. The Morgan fingerprint density at radius 2 is 2.29 bits per heavy atom. The Hall–Kier alpha value is -0.930. The molecule has 2 N–H and O–H groups in total. The predicted molar refractivity (Wildman–Crippen MR) is 58.4 cm³/mol. The van der Waals surface area contributed by atoms with Gasteiger partial charge in [-0.1, -0.05) is 0 Å². The third-order valence-electron chi connectivity index (χ3n) is 2.30. The number of ether oxygens (including phenoxy) is 1. The second-order valence-corrected chi connectivity index (χ2v) is 3.26. The summed E-state index contributed by atoms with van der Waals surface area (Å²) in [7, 11) is 1.65. The molecule has 0 saturated carbocycles. The van der Waals surface area contributed by atoms with E-state index in [0.29, 0.717) is 13.0 Å². The first-order valence-corrected chi connectivity index (χ1v) is 4.38. The topological polar surface area (TPSA) is 41.5 Å². The number of anilines is 1. The van der Waals surface area contributed by atoms with Crippen molar-refractivity contribution in [2.75, 3.05) is 19.0 Å². The number of halogens is 1. The van der Waals surface area contributed by atoms with Gasteiger partial charge in [0.05, 0.1) is 13.2 Å². The maximum atomic E-state index is 9.42. The highest BCUT2D eigenvalue weighted by atomic mass is 35.5. The maximum Gasteiger partial charge on any atom is 0.119 e. The molecule has 1 aliphatic heterocycles. The van der Waals surface area contributed by atoms with Crippen LogP contribution in [-0.4, -0.2) is 24.9 Å². The van der Waals surface area contributed by atoms with Crippen LogP contribution in [0.15, 0.2) is 18.2 Å². The summed E-state index contributed by atoms with van der Waals surface area (Å²) in [6, 6.07) is 5.87. The zero-order chi connectivity index (χ0) is 9.26. The zero-order valence-electron chi connectivity index (χ0n) is 7.99. The lowest BCUT2D eigenvalue weighted by Crippen LogP contribution is -2.27. The number of benzene rings is 1. The summed E-state index contributed by atoms with van der Waals surface area (Å²) in [5.41, 5.74) is 2.23. The molecule has 78 valence electrons. The van der Waals surface area contributed by atoms with E-state index in [1.165, 1.54) is 0 Å². The van der Waals surface area contributed by atoms with E-state index in [1.54, 1.807) is 7.11 Å². The molecule has 2 rings (SSSR count). The highest BCUT2D eigenvalue weighted by molar-refractivity contribution is 5.85. The molecule has 1 heterocycles. The van der Waals surface area contributed by atoms with Crippen molar-refractivity contribution >= 4 is 18.1 Å². The van der Waals surface area contributed by atoms with Gasteiger partial charge in [-0.15, -0.1) is 12.4 Å². The van der Waals surface area contributed by atoms with Crippen molar-refractivity contribution in [3.8, 4) is 5.75 Å². The molecule has 1 unspecified atom stereocenters. The Morgan fingerprint density at radius 3 is 3.00 bits per heavy atom. The standard InChI is InChI=1S/C10H13NO2.ClH/c1-13-9-2-3-10-7(5-9)4-8(12)6-11-10;/h2-3,5,8,11-12H,4,6H2,1H3;1H. The lowest BCUT2D eigenvalue weighted by atomic mass is 10.0. The molecule has 1 aromatic rings. The third kappa shape index (κ3) is 2.11. The minimum Gasteiger partial charge on any atom is -0.497 e. The minimum atomic E-state index is -0.278. The number of β-amino-alcohol motifs (C(OH)–C–C–N with tert-alkyl or cyclic N) is 1. The van der Waals surface area contributed by atoms with Gasteiger partial charge in [-0.3, -0.25) is 0 Å². The lowest BCUT2D eigenvalue weighted by Gasteiger charge is -2.22. The summed E-state index contributed by atoms with van der Waals surface area (Å²) in [4.78, 5) is 0. The van der Waals surface area contributed by atoms with Crippen LogP contribution in [0.3, 0.4) is 0 Å². The molecule has 0 amide bonds. The van der Waals surface area contributed by atoms with E-state index >= 15 is 0 Å².